The van der Waals surface area contributed by atoms with E-state index in [1.54, 1.807) is 30.5 Å². The minimum atomic E-state index is -0.426. The zero-order valence-electron chi connectivity index (χ0n) is 8.61. The molecule has 1 N–H and O–H groups in total. The number of hydrogen-bond donors (Lipinski definition) is 1. The summed E-state index contributed by atoms with van der Waals surface area (Å²) in [5.41, 5.74) is 0.0776. The molecule has 0 bridgehead atoms. The summed E-state index contributed by atoms with van der Waals surface area (Å²) in [6.07, 6.45) is 1.59. The molecule has 0 atom stereocenters. The highest BCUT2D eigenvalue weighted by molar-refractivity contribution is 8.00. The van der Waals surface area contributed by atoms with Crippen molar-refractivity contribution >= 4 is 23.5 Å². The van der Waals surface area contributed by atoms with Gasteiger partial charge in [0, 0.05) is 23.2 Å². The molecule has 86 valence electrons. The van der Waals surface area contributed by atoms with Crippen molar-refractivity contribution in [3.8, 4) is 0 Å². The maximum Gasteiger partial charge on any atom is 0.269 e. The Balaban J connectivity index is 1.98. The third-order valence-corrected chi connectivity index (χ3v) is 2.71. The molecule has 2 rings (SSSR count). The van der Waals surface area contributed by atoms with Crippen LogP contribution < -0.4 is 4.72 Å². The fraction of sp³-hybridized carbons (Fsp3) is 0. The average Bonchev–Trinajstić information content (AvgIpc) is 2.38. The van der Waals surface area contributed by atoms with E-state index in [4.69, 9.17) is 0 Å². The monoisotopic (exact) mass is 248 g/mol. The van der Waals surface area contributed by atoms with Crippen LogP contribution in [-0.2, 0) is 0 Å². The van der Waals surface area contributed by atoms with E-state index in [2.05, 4.69) is 14.9 Å². The van der Waals surface area contributed by atoms with Gasteiger partial charge in [-0.05, 0) is 36.2 Å². The minimum Gasteiger partial charge on any atom is -0.309 e. The number of hydrogen-bond acceptors (Lipinski definition) is 6. The number of non-ortho nitro benzene ring substituents is 1. The highest BCUT2D eigenvalue weighted by Crippen LogP contribution is 2.21. The number of benzene rings is 1. The fourth-order valence-corrected chi connectivity index (χ4v) is 1.71. The van der Waals surface area contributed by atoms with Gasteiger partial charge in [0.15, 0.2) is 5.82 Å². The summed E-state index contributed by atoms with van der Waals surface area (Å²) >= 11 is 1.32. The van der Waals surface area contributed by atoms with Crippen molar-refractivity contribution in [2.24, 2.45) is 0 Å². The molecule has 0 aliphatic rings. The van der Waals surface area contributed by atoms with Crippen LogP contribution in [0.3, 0.4) is 0 Å². The summed E-state index contributed by atoms with van der Waals surface area (Å²) in [6.45, 7) is 0. The van der Waals surface area contributed by atoms with Crippen molar-refractivity contribution in [1.82, 2.24) is 10.2 Å². The molecule has 2 aromatic rings. The first-order chi connectivity index (χ1) is 8.25. The lowest BCUT2D eigenvalue weighted by Gasteiger charge is -2.02. The van der Waals surface area contributed by atoms with Crippen molar-refractivity contribution in [1.29, 1.82) is 0 Å². The van der Waals surface area contributed by atoms with E-state index in [-0.39, 0.29) is 5.69 Å². The number of nitro benzene ring substituents is 1. The fourth-order valence-electron chi connectivity index (χ4n) is 1.10. The Morgan fingerprint density at radius 1 is 1.24 bits per heavy atom. The molecule has 0 spiro atoms. The predicted octanol–water partition coefficient (Wildman–Crippen LogP) is 2.50. The summed E-state index contributed by atoms with van der Waals surface area (Å²) in [7, 11) is 0. The maximum absolute atomic E-state index is 10.5. The molecule has 0 radical (unpaired) electrons. The number of aromatic nitrogens is 2. The topological polar surface area (TPSA) is 81.0 Å². The van der Waals surface area contributed by atoms with E-state index in [1.807, 2.05) is 0 Å². The second kappa shape index (κ2) is 5.26. The van der Waals surface area contributed by atoms with Crippen LogP contribution in [0.25, 0.3) is 0 Å². The Kier molecular flexibility index (Phi) is 3.51. The van der Waals surface area contributed by atoms with Crippen LogP contribution in [-0.4, -0.2) is 15.1 Å². The lowest BCUT2D eigenvalue weighted by atomic mass is 10.3. The van der Waals surface area contributed by atoms with Crippen molar-refractivity contribution < 1.29 is 4.92 Å². The number of anilines is 1. The highest BCUT2D eigenvalue weighted by Gasteiger charge is 2.04. The molecule has 0 fully saturated rings. The van der Waals surface area contributed by atoms with Gasteiger partial charge in [-0.15, -0.1) is 5.10 Å². The van der Waals surface area contributed by atoms with Gasteiger partial charge in [0.2, 0.25) is 0 Å². The molecule has 6 nitrogen and oxygen atoms in total. The van der Waals surface area contributed by atoms with Gasteiger partial charge in [0.05, 0.1) is 4.92 Å². The first kappa shape index (κ1) is 11.3. The predicted molar refractivity (Wildman–Crippen MR) is 64.6 cm³/mol. The molecule has 0 saturated carbocycles. The highest BCUT2D eigenvalue weighted by atomic mass is 32.2. The van der Waals surface area contributed by atoms with Crippen LogP contribution >= 0.6 is 11.9 Å². The Hall–Kier alpha value is -2.15. The van der Waals surface area contributed by atoms with Crippen LogP contribution in [0.15, 0.2) is 47.5 Å². The van der Waals surface area contributed by atoms with Gasteiger partial charge in [-0.2, -0.15) is 5.10 Å². The summed E-state index contributed by atoms with van der Waals surface area (Å²) in [5.74, 6) is 0.635. The molecule has 7 heteroatoms. The van der Waals surface area contributed by atoms with Crippen molar-refractivity contribution in [3.63, 3.8) is 0 Å². The van der Waals surface area contributed by atoms with Crippen LogP contribution in [0.5, 0.6) is 0 Å². The van der Waals surface area contributed by atoms with Gasteiger partial charge in [-0.25, -0.2) is 0 Å². The molecule has 17 heavy (non-hydrogen) atoms. The molecule has 0 amide bonds. The van der Waals surface area contributed by atoms with E-state index >= 15 is 0 Å². The third kappa shape index (κ3) is 3.15. The van der Waals surface area contributed by atoms with Crippen LogP contribution in [0.1, 0.15) is 0 Å². The minimum absolute atomic E-state index is 0.0776. The van der Waals surface area contributed by atoms with Gasteiger partial charge >= 0.3 is 0 Å². The summed E-state index contributed by atoms with van der Waals surface area (Å²) in [4.78, 5) is 10.9. The van der Waals surface area contributed by atoms with E-state index < -0.39 is 4.92 Å². The number of nitrogens with zero attached hydrogens (tertiary/aromatic N) is 3. The quantitative estimate of drug-likeness (QED) is 0.508. The average molecular weight is 248 g/mol. The Labute approximate surface area is 101 Å². The molecule has 0 unspecified atom stereocenters. The summed E-state index contributed by atoms with van der Waals surface area (Å²) < 4.78 is 2.98. The maximum atomic E-state index is 10.5. The molecule has 0 saturated heterocycles. The molecule has 1 heterocycles. The molecule has 1 aromatic heterocycles. The second-order valence-corrected chi connectivity index (χ2v) is 3.94. The Morgan fingerprint density at radius 3 is 2.59 bits per heavy atom. The van der Waals surface area contributed by atoms with Gasteiger partial charge in [0.1, 0.15) is 0 Å². The van der Waals surface area contributed by atoms with Gasteiger partial charge in [-0.1, -0.05) is 0 Å². The van der Waals surface area contributed by atoms with E-state index in [0.717, 1.165) is 4.90 Å². The van der Waals surface area contributed by atoms with E-state index in [9.17, 15) is 10.1 Å². The van der Waals surface area contributed by atoms with Gasteiger partial charge in [0.25, 0.3) is 5.69 Å². The summed E-state index contributed by atoms with van der Waals surface area (Å²) in [5, 5.41) is 18.0. The first-order valence-electron chi connectivity index (χ1n) is 4.71. The normalized spacial score (nSPS) is 9.88. The lowest BCUT2D eigenvalue weighted by Crippen LogP contribution is -1.92. The van der Waals surface area contributed by atoms with Crippen LogP contribution in [0, 0.1) is 10.1 Å². The Bertz CT molecular complexity index is 503. The standard InChI is InChI=1S/C10H8N4O2S/c15-14(16)8-3-5-9(6-4-8)17-13-10-2-1-7-11-12-10/h1-7H,(H,12,13). The molecular formula is C10H8N4O2S. The molecule has 0 aliphatic carbocycles. The van der Waals surface area contributed by atoms with Crippen molar-refractivity contribution in [3.05, 3.63) is 52.7 Å². The number of nitrogens with one attached hydrogen (secondary N) is 1. The smallest absolute Gasteiger partial charge is 0.269 e. The zero-order chi connectivity index (χ0) is 12.1. The van der Waals surface area contributed by atoms with E-state index in [1.165, 1.54) is 24.1 Å². The SMILES string of the molecule is O=[N+]([O-])c1ccc(SNc2cccnn2)cc1. The van der Waals surface area contributed by atoms with Crippen molar-refractivity contribution in [2.45, 2.75) is 4.90 Å². The molecule has 0 aliphatic heterocycles. The van der Waals surface area contributed by atoms with Gasteiger partial charge < -0.3 is 4.72 Å². The third-order valence-electron chi connectivity index (χ3n) is 1.89. The molecular weight excluding hydrogens is 240 g/mol. The first-order valence-corrected chi connectivity index (χ1v) is 5.52. The second-order valence-electron chi connectivity index (χ2n) is 3.06. The number of nitro groups is 1. The number of rotatable bonds is 4. The van der Waals surface area contributed by atoms with E-state index in [0.29, 0.717) is 5.82 Å². The Morgan fingerprint density at radius 2 is 2.00 bits per heavy atom. The van der Waals surface area contributed by atoms with Crippen LogP contribution in [0.4, 0.5) is 11.5 Å². The molecule has 1 aromatic carbocycles. The summed E-state index contributed by atoms with van der Waals surface area (Å²) in [6, 6.07) is 9.82. The van der Waals surface area contributed by atoms with Crippen LogP contribution in [0.2, 0.25) is 0 Å². The lowest BCUT2D eigenvalue weighted by molar-refractivity contribution is -0.384. The van der Waals surface area contributed by atoms with Gasteiger partial charge in [-0.3, -0.25) is 10.1 Å². The van der Waals surface area contributed by atoms with Crippen molar-refractivity contribution in [2.75, 3.05) is 4.72 Å². The zero-order valence-corrected chi connectivity index (χ0v) is 9.42. The largest absolute Gasteiger partial charge is 0.309 e.